The zero-order valence-electron chi connectivity index (χ0n) is 16.8. The van der Waals surface area contributed by atoms with Crippen LogP contribution in [-0.4, -0.2) is 30.8 Å². The van der Waals surface area contributed by atoms with E-state index >= 15 is 0 Å². The SMILES string of the molecule is NS(=O)(=O)c1cccc(CN(c2nc(Nc3cccc4c3CC(=O)N4)ncc2F)C(F)F)c1. The molecule has 1 aliphatic rings. The molecule has 0 bridgehead atoms. The average molecular weight is 478 g/mol. The van der Waals surface area contributed by atoms with E-state index in [1.165, 1.54) is 18.2 Å². The number of rotatable bonds is 7. The predicted molar refractivity (Wildman–Crippen MR) is 114 cm³/mol. The molecule has 1 amide bonds. The molecule has 4 N–H and O–H groups in total. The highest BCUT2D eigenvalue weighted by Crippen LogP contribution is 2.32. The first kappa shape index (κ1) is 22.5. The summed E-state index contributed by atoms with van der Waals surface area (Å²) in [6.45, 7) is -3.71. The van der Waals surface area contributed by atoms with Crippen molar-refractivity contribution in [1.82, 2.24) is 9.97 Å². The van der Waals surface area contributed by atoms with Gasteiger partial charge in [0.25, 0.3) is 0 Å². The molecule has 0 saturated carbocycles. The Labute approximate surface area is 186 Å². The smallest absolute Gasteiger partial charge is 0.316 e. The first-order valence-corrected chi connectivity index (χ1v) is 11.0. The molecule has 0 radical (unpaired) electrons. The molecule has 0 unspecified atom stereocenters. The third-order valence-corrected chi connectivity index (χ3v) is 5.76. The largest absolute Gasteiger partial charge is 0.325 e. The number of aromatic nitrogens is 2. The van der Waals surface area contributed by atoms with Crippen LogP contribution in [0, 0.1) is 5.82 Å². The van der Waals surface area contributed by atoms with Crippen LogP contribution in [-0.2, 0) is 27.8 Å². The van der Waals surface area contributed by atoms with Crippen molar-refractivity contribution in [3.05, 3.63) is 65.6 Å². The number of benzene rings is 2. The molecule has 33 heavy (non-hydrogen) atoms. The second kappa shape index (κ2) is 8.67. The van der Waals surface area contributed by atoms with E-state index in [9.17, 15) is 26.4 Å². The maximum absolute atomic E-state index is 14.5. The monoisotopic (exact) mass is 478 g/mol. The quantitative estimate of drug-likeness (QED) is 0.445. The van der Waals surface area contributed by atoms with Gasteiger partial charge in [0.1, 0.15) is 0 Å². The second-order valence-electron chi connectivity index (χ2n) is 7.14. The molecule has 0 spiro atoms. The summed E-state index contributed by atoms with van der Waals surface area (Å²) < 4.78 is 65.3. The Morgan fingerprint density at radius 2 is 1.97 bits per heavy atom. The van der Waals surface area contributed by atoms with Crippen molar-refractivity contribution in [2.45, 2.75) is 24.4 Å². The molecule has 9 nitrogen and oxygen atoms in total. The van der Waals surface area contributed by atoms with Crippen molar-refractivity contribution >= 4 is 39.1 Å². The van der Waals surface area contributed by atoms with Gasteiger partial charge in [0.15, 0.2) is 11.6 Å². The first-order chi connectivity index (χ1) is 15.6. The van der Waals surface area contributed by atoms with E-state index < -0.39 is 34.8 Å². The van der Waals surface area contributed by atoms with Crippen molar-refractivity contribution in [2.24, 2.45) is 5.14 Å². The van der Waals surface area contributed by atoms with E-state index in [4.69, 9.17) is 5.14 Å². The number of halogens is 3. The van der Waals surface area contributed by atoms with Crippen molar-refractivity contribution in [3.63, 3.8) is 0 Å². The highest BCUT2D eigenvalue weighted by atomic mass is 32.2. The highest BCUT2D eigenvalue weighted by molar-refractivity contribution is 7.89. The third-order valence-electron chi connectivity index (χ3n) is 4.85. The van der Waals surface area contributed by atoms with Gasteiger partial charge in [-0.2, -0.15) is 13.8 Å². The average Bonchev–Trinajstić information content (AvgIpc) is 3.14. The number of hydrogen-bond donors (Lipinski definition) is 3. The van der Waals surface area contributed by atoms with Crippen LogP contribution in [0.15, 0.2) is 53.6 Å². The lowest BCUT2D eigenvalue weighted by atomic mass is 10.1. The van der Waals surface area contributed by atoms with Crippen LogP contribution >= 0.6 is 0 Å². The van der Waals surface area contributed by atoms with Gasteiger partial charge in [-0.3, -0.25) is 9.69 Å². The second-order valence-corrected chi connectivity index (χ2v) is 8.71. The van der Waals surface area contributed by atoms with Gasteiger partial charge in [0, 0.05) is 23.5 Å². The Bertz CT molecular complexity index is 1340. The molecule has 172 valence electrons. The number of fused-ring (bicyclic) bond motifs is 1. The molecule has 4 rings (SSSR count). The van der Waals surface area contributed by atoms with Gasteiger partial charge in [-0.15, -0.1) is 0 Å². The van der Waals surface area contributed by atoms with Crippen LogP contribution in [0.25, 0.3) is 0 Å². The van der Waals surface area contributed by atoms with Crippen molar-refractivity contribution in [2.75, 3.05) is 15.5 Å². The minimum Gasteiger partial charge on any atom is -0.325 e. The normalized spacial score (nSPS) is 13.1. The van der Waals surface area contributed by atoms with Crippen molar-refractivity contribution in [3.8, 4) is 0 Å². The molecular weight excluding hydrogens is 461 g/mol. The van der Waals surface area contributed by atoms with Gasteiger partial charge < -0.3 is 10.6 Å². The molecule has 2 heterocycles. The van der Waals surface area contributed by atoms with Crippen LogP contribution in [0.2, 0.25) is 0 Å². The molecule has 0 fully saturated rings. The summed E-state index contributed by atoms with van der Waals surface area (Å²) in [6.07, 6.45) is 0.851. The lowest BCUT2D eigenvalue weighted by Crippen LogP contribution is -2.30. The van der Waals surface area contributed by atoms with E-state index in [0.717, 1.165) is 12.3 Å². The van der Waals surface area contributed by atoms with Gasteiger partial charge in [0.05, 0.1) is 17.5 Å². The summed E-state index contributed by atoms with van der Waals surface area (Å²) in [5.41, 5.74) is 1.85. The molecule has 0 atom stereocenters. The summed E-state index contributed by atoms with van der Waals surface area (Å²) in [5.74, 6) is -2.16. The van der Waals surface area contributed by atoms with Crippen LogP contribution in [0.5, 0.6) is 0 Å². The van der Waals surface area contributed by atoms with Gasteiger partial charge in [-0.1, -0.05) is 18.2 Å². The van der Waals surface area contributed by atoms with E-state index in [1.807, 2.05) is 0 Å². The Morgan fingerprint density at radius 3 is 2.70 bits per heavy atom. The maximum atomic E-state index is 14.5. The predicted octanol–water partition coefficient (Wildman–Crippen LogP) is 2.73. The number of sulfonamides is 1. The van der Waals surface area contributed by atoms with Crippen LogP contribution in [0.4, 0.5) is 36.3 Å². The Balaban J connectivity index is 1.65. The van der Waals surface area contributed by atoms with Crippen LogP contribution in [0.1, 0.15) is 11.1 Å². The standard InChI is InChI=1S/C20H17F3N6O3S/c21-14-9-25-20(27-16-6-2-5-15-13(16)8-17(30)26-15)28-18(14)29(19(22)23)10-11-3-1-4-12(7-11)33(24,31)32/h1-7,9,19H,8,10H2,(H,26,30)(H2,24,31,32)(H,25,27,28). The lowest BCUT2D eigenvalue weighted by Gasteiger charge is -2.23. The minimum atomic E-state index is -4.05. The van der Waals surface area contributed by atoms with Gasteiger partial charge in [-0.05, 0) is 29.8 Å². The van der Waals surface area contributed by atoms with Gasteiger partial charge in [0.2, 0.25) is 21.9 Å². The lowest BCUT2D eigenvalue weighted by molar-refractivity contribution is -0.115. The number of nitrogens with one attached hydrogen (secondary N) is 2. The van der Waals surface area contributed by atoms with Crippen molar-refractivity contribution < 1.29 is 26.4 Å². The maximum Gasteiger partial charge on any atom is 0.316 e. The number of carbonyl (C=O) groups is 1. The summed E-state index contributed by atoms with van der Waals surface area (Å²) in [4.78, 5) is 19.5. The summed E-state index contributed by atoms with van der Waals surface area (Å²) in [7, 11) is -4.05. The topological polar surface area (TPSA) is 130 Å². The van der Waals surface area contributed by atoms with E-state index in [1.54, 1.807) is 18.2 Å². The molecule has 3 aromatic rings. The van der Waals surface area contributed by atoms with Crippen LogP contribution < -0.4 is 20.7 Å². The molecule has 0 aliphatic carbocycles. The summed E-state index contributed by atoms with van der Waals surface area (Å²) in [5, 5.41) is 10.6. The van der Waals surface area contributed by atoms with Crippen LogP contribution in [0.3, 0.4) is 0 Å². The number of nitrogens with zero attached hydrogens (tertiary/aromatic N) is 3. The van der Waals surface area contributed by atoms with Gasteiger partial charge >= 0.3 is 6.55 Å². The number of anilines is 4. The molecule has 13 heteroatoms. The zero-order valence-corrected chi connectivity index (χ0v) is 17.6. The van der Waals surface area contributed by atoms with E-state index in [-0.39, 0.29) is 28.7 Å². The third kappa shape index (κ3) is 4.88. The summed E-state index contributed by atoms with van der Waals surface area (Å²) in [6, 6.07) is 10.1. The number of hydrogen-bond acceptors (Lipinski definition) is 7. The molecule has 2 aromatic carbocycles. The fourth-order valence-electron chi connectivity index (χ4n) is 3.36. The Kier molecular flexibility index (Phi) is 5.91. The molecule has 0 saturated heterocycles. The van der Waals surface area contributed by atoms with E-state index in [0.29, 0.717) is 21.8 Å². The fraction of sp³-hybridized carbons (Fsp3) is 0.150. The van der Waals surface area contributed by atoms with Crippen molar-refractivity contribution in [1.29, 1.82) is 0 Å². The fourth-order valence-corrected chi connectivity index (χ4v) is 3.94. The molecule has 1 aliphatic heterocycles. The number of nitrogens with two attached hydrogens (primary N) is 1. The van der Waals surface area contributed by atoms with E-state index in [2.05, 4.69) is 20.6 Å². The minimum absolute atomic E-state index is 0.107. The summed E-state index contributed by atoms with van der Waals surface area (Å²) >= 11 is 0. The Morgan fingerprint density at radius 1 is 1.21 bits per heavy atom. The number of amides is 1. The van der Waals surface area contributed by atoms with Gasteiger partial charge in [-0.25, -0.2) is 22.9 Å². The Hall–Kier alpha value is -3.71. The number of carbonyl (C=O) groups excluding carboxylic acids is 1. The molecule has 1 aromatic heterocycles. The number of primary sulfonamides is 1. The molecular formula is C20H17F3N6O3S. The number of alkyl halides is 2. The zero-order chi connectivity index (χ0) is 23.8. The first-order valence-electron chi connectivity index (χ1n) is 9.49. The highest BCUT2D eigenvalue weighted by Gasteiger charge is 2.25.